The van der Waals surface area contributed by atoms with Gasteiger partial charge in [-0.1, -0.05) is 6.07 Å². The van der Waals surface area contributed by atoms with Crippen LogP contribution in [-0.4, -0.2) is 66.4 Å². The van der Waals surface area contributed by atoms with Crippen LogP contribution < -0.4 is 9.64 Å². The van der Waals surface area contributed by atoms with Gasteiger partial charge in [-0.3, -0.25) is 14.5 Å². The van der Waals surface area contributed by atoms with Gasteiger partial charge in [0.05, 0.1) is 25.0 Å². The normalized spacial score (nSPS) is 19.3. The lowest BCUT2D eigenvalue weighted by molar-refractivity contribution is -0.137. The molecule has 3 aromatic rings. The van der Waals surface area contributed by atoms with Crippen LogP contribution in [0.25, 0.3) is 10.8 Å². The Morgan fingerprint density at radius 2 is 2.06 bits per heavy atom. The highest BCUT2D eigenvalue weighted by molar-refractivity contribution is 7.13. The molecule has 33 heavy (non-hydrogen) atoms. The summed E-state index contributed by atoms with van der Waals surface area (Å²) in [6.45, 7) is 4.08. The van der Waals surface area contributed by atoms with Gasteiger partial charge in [0.2, 0.25) is 11.8 Å². The highest BCUT2D eigenvalue weighted by Gasteiger charge is 2.38. The topological polar surface area (TPSA) is 79.1 Å². The van der Waals surface area contributed by atoms with Crippen LogP contribution >= 0.6 is 11.3 Å². The predicted octanol–water partition coefficient (Wildman–Crippen LogP) is 3.11. The van der Waals surface area contributed by atoms with Crippen molar-refractivity contribution >= 4 is 28.8 Å². The van der Waals surface area contributed by atoms with Gasteiger partial charge in [0, 0.05) is 62.8 Å². The summed E-state index contributed by atoms with van der Waals surface area (Å²) in [5.41, 5.74) is 1.79. The van der Waals surface area contributed by atoms with E-state index in [9.17, 15) is 9.59 Å². The van der Waals surface area contributed by atoms with Gasteiger partial charge < -0.3 is 19.0 Å². The third-order valence-electron chi connectivity index (χ3n) is 6.19. The van der Waals surface area contributed by atoms with Crippen LogP contribution in [0.3, 0.4) is 0 Å². The maximum Gasteiger partial charge on any atom is 0.228 e. The molecule has 0 bridgehead atoms. The quantitative estimate of drug-likeness (QED) is 0.556. The zero-order chi connectivity index (χ0) is 22.8. The SMILES string of the molecule is COc1cccc(N2CC(C(=O)N3CCN(Cc4csc(-c5ccco5)n4)CC3)CC2=O)c1. The summed E-state index contributed by atoms with van der Waals surface area (Å²) < 4.78 is 10.7. The minimum Gasteiger partial charge on any atom is -0.497 e. The van der Waals surface area contributed by atoms with Crippen molar-refractivity contribution < 1.29 is 18.7 Å². The van der Waals surface area contributed by atoms with Crippen molar-refractivity contribution in [2.24, 2.45) is 5.92 Å². The summed E-state index contributed by atoms with van der Waals surface area (Å²) in [5, 5.41) is 2.95. The number of piperazine rings is 1. The molecule has 2 amide bonds. The third-order valence-corrected chi connectivity index (χ3v) is 7.10. The van der Waals surface area contributed by atoms with E-state index < -0.39 is 0 Å². The number of benzene rings is 1. The van der Waals surface area contributed by atoms with Crippen molar-refractivity contribution in [2.45, 2.75) is 13.0 Å². The molecule has 0 radical (unpaired) electrons. The lowest BCUT2D eigenvalue weighted by Crippen LogP contribution is -2.50. The molecule has 2 aliphatic rings. The summed E-state index contributed by atoms with van der Waals surface area (Å²) in [4.78, 5) is 36.3. The van der Waals surface area contributed by atoms with E-state index in [1.807, 2.05) is 41.3 Å². The number of amides is 2. The Labute approximate surface area is 196 Å². The van der Waals surface area contributed by atoms with E-state index in [1.54, 1.807) is 29.6 Å². The van der Waals surface area contributed by atoms with Crippen LogP contribution in [0.5, 0.6) is 5.75 Å². The van der Waals surface area contributed by atoms with Crippen LogP contribution in [0, 0.1) is 5.92 Å². The minimum absolute atomic E-state index is 0.0175. The van der Waals surface area contributed by atoms with Crippen molar-refractivity contribution in [3.8, 4) is 16.5 Å². The Hall–Kier alpha value is -3.17. The molecule has 0 N–H and O–H groups in total. The predicted molar refractivity (Wildman–Crippen MR) is 125 cm³/mol. The summed E-state index contributed by atoms with van der Waals surface area (Å²) in [5.74, 6) is 1.24. The second-order valence-electron chi connectivity index (χ2n) is 8.33. The number of thiazole rings is 1. The van der Waals surface area contributed by atoms with Gasteiger partial charge in [-0.25, -0.2) is 4.98 Å². The summed E-state index contributed by atoms with van der Waals surface area (Å²) in [6, 6.07) is 11.2. The molecule has 172 valence electrons. The number of hydrogen-bond donors (Lipinski definition) is 0. The fraction of sp³-hybridized carbons (Fsp3) is 0.375. The zero-order valence-electron chi connectivity index (χ0n) is 18.5. The molecule has 0 aliphatic carbocycles. The molecule has 2 fully saturated rings. The molecule has 0 spiro atoms. The van der Waals surface area contributed by atoms with Crippen molar-refractivity contribution in [3.05, 3.63) is 53.7 Å². The smallest absolute Gasteiger partial charge is 0.228 e. The Balaban J connectivity index is 1.14. The molecule has 4 heterocycles. The first-order chi connectivity index (χ1) is 16.1. The second-order valence-corrected chi connectivity index (χ2v) is 9.19. The van der Waals surface area contributed by atoms with Gasteiger partial charge >= 0.3 is 0 Å². The standard InChI is InChI=1S/C24H26N4O4S/c1-31-20-5-2-4-19(13-20)28-14-17(12-22(28)29)24(30)27-9-7-26(8-10-27)15-18-16-33-23(25-18)21-6-3-11-32-21/h2-6,11,13,16-17H,7-10,12,14-15H2,1H3. The molecule has 1 aromatic carbocycles. The van der Waals surface area contributed by atoms with E-state index >= 15 is 0 Å². The number of nitrogens with zero attached hydrogens (tertiary/aromatic N) is 4. The van der Waals surface area contributed by atoms with Crippen LogP contribution in [0.1, 0.15) is 12.1 Å². The minimum atomic E-state index is -0.301. The van der Waals surface area contributed by atoms with Gasteiger partial charge in [0.15, 0.2) is 10.8 Å². The summed E-state index contributed by atoms with van der Waals surface area (Å²) in [7, 11) is 1.60. The van der Waals surface area contributed by atoms with Crippen molar-refractivity contribution in [2.75, 3.05) is 44.7 Å². The highest BCUT2D eigenvalue weighted by atomic mass is 32.1. The maximum absolute atomic E-state index is 13.1. The Morgan fingerprint density at radius 3 is 2.82 bits per heavy atom. The van der Waals surface area contributed by atoms with Crippen LogP contribution in [0.15, 0.2) is 52.5 Å². The Bertz CT molecular complexity index is 1120. The van der Waals surface area contributed by atoms with Gasteiger partial charge in [0.1, 0.15) is 5.75 Å². The van der Waals surface area contributed by atoms with E-state index in [0.717, 1.165) is 41.8 Å². The lowest BCUT2D eigenvalue weighted by Gasteiger charge is -2.35. The first-order valence-electron chi connectivity index (χ1n) is 11.0. The largest absolute Gasteiger partial charge is 0.497 e. The molecule has 0 saturated carbocycles. The van der Waals surface area contributed by atoms with Crippen LogP contribution in [-0.2, 0) is 16.1 Å². The fourth-order valence-corrected chi connectivity index (χ4v) is 5.18. The number of furan rings is 1. The summed E-state index contributed by atoms with van der Waals surface area (Å²) >= 11 is 1.58. The van der Waals surface area contributed by atoms with Gasteiger partial charge in [-0.05, 0) is 24.3 Å². The lowest BCUT2D eigenvalue weighted by atomic mass is 10.1. The Morgan fingerprint density at radius 1 is 1.21 bits per heavy atom. The van der Waals surface area contributed by atoms with E-state index in [0.29, 0.717) is 25.4 Å². The molecular formula is C24H26N4O4S. The first-order valence-corrected chi connectivity index (χ1v) is 11.9. The molecule has 2 aromatic heterocycles. The number of carbonyl (C=O) groups excluding carboxylic acids is 2. The van der Waals surface area contributed by atoms with Gasteiger partial charge in [-0.15, -0.1) is 11.3 Å². The van der Waals surface area contributed by atoms with Crippen molar-refractivity contribution in [1.29, 1.82) is 0 Å². The average Bonchev–Trinajstić information content (AvgIpc) is 3.60. The molecule has 8 nitrogen and oxygen atoms in total. The molecule has 2 saturated heterocycles. The average molecular weight is 467 g/mol. The molecular weight excluding hydrogens is 440 g/mol. The summed E-state index contributed by atoms with van der Waals surface area (Å²) in [6.07, 6.45) is 1.91. The van der Waals surface area contributed by atoms with Crippen LogP contribution in [0.4, 0.5) is 5.69 Å². The van der Waals surface area contributed by atoms with E-state index in [1.165, 1.54) is 0 Å². The third kappa shape index (κ3) is 4.65. The number of hydrogen-bond acceptors (Lipinski definition) is 7. The number of carbonyl (C=O) groups is 2. The van der Waals surface area contributed by atoms with Gasteiger partial charge in [-0.2, -0.15) is 0 Å². The molecule has 5 rings (SSSR count). The number of aromatic nitrogens is 1. The molecule has 1 atom stereocenters. The van der Waals surface area contributed by atoms with Crippen molar-refractivity contribution in [1.82, 2.24) is 14.8 Å². The molecule has 1 unspecified atom stereocenters. The maximum atomic E-state index is 13.1. The first kappa shape index (κ1) is 21.7. The number of methoxy groups -OCH3 is 1. The fourth-order valence-electron chi connectivity index (χ4n) is 4.41. The monoisotopic (exact) mass is 466 g/mol. The number of rotatable bonds is 6. The second kappa shape index (κ2) is 9.36. The highest BCUT2D eigenvalue weighted by Crippen LogP contribution is 2.29. The Kier molecular flexibility index (Phi) is 6.15. The van der Waals surface area contributed by atoms with Crippen molar-refractivity contribution in [3.63, 3.8) is 0 Å². The molecule has 2 aliphatic heterocycles. The molecule has 9 heteroatoms. The number of ether oxygens (including phenoxy) is 1. The zero-order valence-corrected chi connectivity index (χ0v) is 19.3. The van der Waals surface area contributed by atoms with Crippen LogP contribution in [0.2, 0.25) is 0 Å². The van der Waals surface area contributed by atoms with E-state index in [2.05, 4.69) is 15.3 Å². The number of anilines is 1. The van der Waals surface area contributed by atoms with Gasteiger partial charge in [0.25, 0.3) is 0 Å². The van der Waals surface area contributed by atoms with E-state index in [4.69, 9.17) is 9.15 Å². The van der Waals surface area contributed by atoms with E-state index in [-0.39, 0.29) is 24.2 Å².